The Kier molecular flexibility index (Phi) is 8.57. The molecule has 2 N–H and O–H groups in total. The van der Waals surface area contributed by atoms with Crippen molar-refractivity contribution in [3.8, 4) is 5.75 Å². The molecular weight excluding hydrogens is 479 g/mol. The van der Waals surface area contributed by atoms with Crippen LogP contribution in [0.1, 0.15) is 11.3 Å². The van der Waals surface area contributed by atoms with Crippen LogP contribution in [-0.4, -0.2) is 45.9 Å². The number of furan rings is 1. The first-order valence-corrected chi connectivity index (χ1v) is 12.1. The van der Waals surface area contributed by atoms with Crippen LogP contribution in [0.15, 0.2) is 76.4 Å². The molecule has 0 bridgehead atoms. The van der Waals surface area contributed by atoms with Crippen molar-refractivity contribution in [1.82, 2.24) is 10.7 Å². The quantitative estimate of drug-likeness (QED) is 0.305. The number of rotatable bonds is 11. The van der Waals surface area contributed by atoms with E-state index in [1.807, 2.05) is 0 Å². The summed E-state index contributed by atoms with van der Waals surface area (Å²) in [6.45, 7) is -0.562. The van der Waals surface area contributed by atoms with E-state index in [0.29, 0.717) is 21.4 Å². The second-order valence-electron chi connectivity index (χ2n) is 7.23. The number of amides is 2. The summed E-state index contributed by atoms with van der Waals surface area (Å²) in [7, 11) is -3.91. The van der Waals surface area contributed by atoms with Gasteiger partial charge in [0.15, 0.2) is 6.61 Å². The van der Waals surface area contributed by atoms with Crippen LogP contribution in [0.3, 0.4) is 0 Å². The lowest BCUT2D eigenvalue weighted by molar-refractivity contribution is -0.123. The monoisotopic (exact) mass is 502 g/mol. The Hall–Kier alpha value is -4.19. The third-order valence-electron chi connectivity index (χ3n) is 4.50. The number of nitrogens with one attached hydrogen (secondary N) is 2. The third-order valence-corrected chi connectivity index (χ3v) is 5.63. The van der Waals surface area contributed by atoms with Crippen molar-refractivity contribution < 1.29 is 31.6 Å². The van der Waals surface area contributed by atoms with Crippen molar-refractivity contribution in [2.45, 2.75) is 6.54 Å². The normalized spacial score (nSPS) is 11.3. The topological polar surface area (TPSA) is 130 Å². The molecule has 0 saturated carbocycles. The van der Waals surface area contributed by atoms with Crippen molar-refractivity contribution in [2.24, 2.45) is 5.10 Å². The molecule has 1 aromatic heterocycles. The van der Waals surface area contributed by atoms with Gasteiger partial charge in [-0.2, -0.15) is 5.10 Å². The fraction of sp³-hybridized carbons (Fsp3) is 0.174. The molecule has 10 nitrogen and oxygen atoms in total. The number of benzene rings is 2. The van der Waals surface area contributed by atoms with Crippen molar-refractivity contribution in [2.75, 3.05) is 23.7 Å². The van der Waals surface area contributed by atoms with Crippen LogP contribution in [0.4, 0.5) is 10.1 Å². The Bertz CT molecular complexity index is 1280. The molecule has 2 amide bonds. The zero-order chi connectivity index (χ0) is 25.3. The molecule has 0 aliphatic carbocycles. The van der Waals surface area contributed by atoms with E-state index in [0.717, 1.165) is 12.3 Å². The summed E-state index contributed by atoms with van der Waals surface area (Å²) in [6, 6.07) is 15.2. The highest BCUT2D eigenvalue weighted by Crippen LogP contribution is 2.20. The standard InChI is InChI=1S/C23H23FN4O6S/c1-35(31,32)28(21-7-3-2-6-20(21)24)15-22(29)27-26-13-17-8-10-18(11-9-17)34-16-23(30)25-14-19-5-4-12-33-19/h2-13H,14-16H2,1H3,(H,25,30)(H,27,29)/b26-13-. The molecule has 3 rings (SSSR count). The van der Waals surface area contributed by atoms with E-state index in [4.69, 9.17) is 9.15 Å². The fourth-order valence-corrected chi connectivity index (χ4v) is 3.69. The van der Waals surface area contributed by atoms with Gasteiger partial charge in [-0.15, -0.1) is 0 Å². The van der Waals surface area contributed by atoms with Crippen LogP contribution >= 0.6 is 0 Å². The van der Waals surface area contributed by atoms with Crippen molar-refractivity contribution in [3.05, 3.63) is 84.1 Å². The number of hydrogen-bond donors (Lipinski definition) is 2. The van der Waals surface area contributed by atoms with Gasteiger partial charge >= 0.3 is 0 Å². The van der Waals surface area contributed by atoms with Gasteiger partial charge in [0, 0.05) is 0 Å². The summed E-state index contributed by atoms with van der Waals surface area (Å²) in [5.74, 6) is -0.756. The van der Waals surface area contributed by atoms with Crippen molar-refractivity contribution >= 4 is 33.7 Å². The molecule has 0 unspecified atom stereocenters. The average Bonchev–Trinajstić information content (AvgIpc) is 3.34. The lowest BCUT2D eigenvalue weighted by Gasteiger charge is -2.21. The predicted molar refractivity (Wildman–Crippen MR) is 127 cm³/mol. The number of hydrogen-bond acceptors (Lipinski definition) is 7. The molecule has 0 aliphatic heterocycles. The second-order valence-corrected chi connectivity index (χ2v) is 9.13. The Morgan fingerprint density at radius 2 is 1.83 bits per heavy atom. The van der Waals surface area contributed by atoms with Gasteiger partial charge in [0.05, 0.1) is 31.0 Å². The highest BCUT2D eigenvalue weighted by molar-refractivity contribution is 7.92. The smallest absolute Gasteiger partial charge is 0.260 e. The molecule has 12 heteroatoms. The van der Waals surface area contributed by atoms with E-state index < -0.39 is 28.3 Å². The largest absolute Gasteiger partial charge is 0.484 e. The zero-order valence-electron chi connectivity index (χ0n) is 18.7. The van der Waals surface area contributed by atoms with Crippen LogP contribution in [0.25, 0.3) is 0 Å². The highest BCUT2D eigenvalue weighted by Gasteiger charge is 2.23. The number of sulfonamides is 1. The lowest BCUT2D eigenvalue weighted by atomic mass is 10.2. The minimum Gasteiger partial charge on any atom is -0.484 e. The van der Waals surface area contributed by atoms with Gasteiger partial charge in [-0.05, 0) is 54.1 Å². The molecular formula is C23H23FN4O6S. The molecule has 0 spiro atoms. The molecule has 35 heavy (non-hydrogen) atoms. The van der Waals surface area contributed by atoms with Gasteiger partial charge in [0.25, 0.3) is 11.8 Å². The first-order chi connectivity index (χ1) is 16.7. The summed E-state index contributed by atoms with van der Waals surface area (Å²) in [5.41, 5.74) is 2.58. The van der Waals surface area contributed by atoms with E-state index in [1.54, 1.807) is 36.4 Å². The number of para-hydroxylation sites is 1. The van der Waals surface area contributed by atoms with E-state index in [-0.39, 0.29) is 24.7 Å². The van der Waals surface area contributed by atoms with Crippen molar-refractivity contribution in [3.63, 3.8) is 0 Å². The van der Waals surface area contributed by atoms with Gasteiger partial charge in [0.1, 0.15) is 23.9 Å². The van der Waals surface area contributed by atoms with E-state index in [1.165, 1.54) is 30.7 Å². The lowest BCUT2D eigenvalue weighted by Crippen LogP contribution is -2.39. The Morgan fingerprint density at radius 3 is 2.49 bits per heavy atom. The summed E-state index contributed by atoms with van der Waals surface area (Å²) in [6.07, 6.45) is 3.73. The number of hydrazone groups is 1. The number of carbonyl (C=O) groups is 2. The number of halogens is 1. The van der Waals surface area contributed by atoms with Crippen LogP contribution in [0.2, 0.25) is 0 Å². The minimum atomic E-state index is -3.91. The van der Waals surface area contributed by atoms with E-state index in [9.17, 15) is 22.4 Å². The van der Waals surface area contributed by atoms with E-state index >= 15 is 0 Å². The zero-order valence-corrected chi connectivity index (χ0v) is 19.5. The van der Waals surface area contributed by atoms with Crippen LogP contribution in [0, 0.1) is 5.82 Å². The maximum atomic E-state index is 14.0. The predicted octanol–water partition coefficient (Wildman–Crippen LogP) is 2.03. The third kappa shape index (κ3) is 7.96. The molecule has 184 valence electrons. The van der Waals surface area contributed by atoms with Crippen LogP contribution < -0.4 is 19.8 Å². The highest BCUT2D eigenvalue weighted by atomic mass is 32.2. The average molecular weight is 503 g/mol. The Balaban J connectivity index is 1.47. The van der Waals surface area contributed by atoms with Gasteiger partial charge < -0.3 is 14.5 Å². The number of anilines is 1. The van der Waals surface area contributed by atoms with Gasteiger partial charge in [-0.25, -0.2) is 18.2 Å². The molecule has 3 aromatic rings. The van der Waals surface area contributed by atoms with Crippen LogP contribution in [-0.2, 0) is 26.2 Å². The maximum absolute atomic E-state index is 14.0. The molecule has 0 aliphatic rings. The van der Waals surface area contributed by atoms with E-state index in [2.05, 4.69) is 15.8 Å². The molecule has 1 heterocycles. The summed E-state index contributed by atoms with van der Waals surface area (Å²) in [5, 5.41) is 6.45. The van der Waals surface area contributed by atoms with Gasteiger partial charge in [-0.1, -0.05) is 12.1 Å². The Labute approximate surface area is 201 Å². The van der Waals surface area contributed by atoms with Gasteiger partial charge in [-0.3, -0.25) is 13.9 Å². The Morgan fingerprint density at radius 1 is 1.09 bits per heavy atom. The molecule has 0 saturated heterocycles. The number of ether oxygens (including phenoxy) is 1. The molecule has 2 aromatic carbocycles. The first kappa shape index (κ1) is 25.4. The maximum Gasteiger partial charge on any atom is 0.260 e. The summed E-state index contributed by atoms with van der Waals surface area (Å²) < 4.78 is 49.3. The fourth-order valence-electron chi connectivity index (χ4n) is 2.83. The minimum absolute atomic E-state index is 0.178. The van der Waals surface area contributed by atoms with Crippen molar-refractivity contribution in [1.29, 1.82) is 0 Å². The second kappa shape index (κ2) is 11.8. The SMILES string of the molecule is CS(=O)(=O)N(CC(=O)N/N=C\c1ccc(OCC(=O)NCc2ccco2)cc1)c1ccccc1F. The molecule has 0 fully saturated rings. The molecule has 0 atom stereocenters. The number of carbonyl (C=O) groups excluding carboxylic acids is 2. The first-order valence-electron chi connectivity index (χ1n) is 10.3. The summed E-state index contributed by atoms with van der Waals surface area (Å²) in [4.78, 5) is 24.0. The molecule has 0 radical (unpaired) electrons. The number of nitrogens with zero attached hydrogens (tertiary/aromatic N) is 2. The summed E-state index contributed by atoms with van der Waals surface area (Å²) >= 11 is 0. The van der Waals surface area contributed by atoms with Crippen LogP contribution in [0.5, 0.6) is 5.75 Å². The van der Waals surface area contributed by atoms with Gasteiger partial charge in [0.2, 0.25) is 10.0 Å².